The van der Waals surface area contributed by atoms with Crippen molar-refractivity contribution in [3.8, 4) is 0 Å². The average molecular weight is 252 g/mol. The third kappa shape index (κ3) is 2.71. The lowest BCUT2D eigenvalue weighted by atomic mass is 9.78. The number of nitrogens with zero attached hydrogens (tertiary/aromatic N) is 2. The Bertz CT molecular complexity index is 410. The zero-order valence-corrected chi connectivity index (χ0v) is 11.2. The summed E-state index contributed by atoms with van der Waals surface area (Å²) in [5.41, 5.74) is 0. The normalized spacial score (nSPS) is 27.9. The van der Waals surface area contributed by atoms with Gasteiger partial charge in [0.2, 0.25) is 5.95 Å². The van der Waals surface area contributed by atoms with Crippen molar-refractivity contribution in [3.05, 3.63) is 12.0 Å². The molecule has 1 aromatic heterocycles. The smallest absolute Gasteiger partial charge is 0.224 e. The highest BCUT2D eigenvalue weighted by atomic mass is 19.1. The fraction of sp³-hybridized carbons (Fsp3) is 0.692. The maximum absolute atomic E-state index is 13.7. The first-order chi connectivity index (χ1) is 8.61. The van der Waals surface area contributed by atoms with Gasteiger partial charge in [0, 0.05) is 13.1 Å². The summed E-state index contributed by atoms with van der Waals surface area (Å²) in [6.07, 6.45) is 4.73. The maximum Gasteiger partial charge on any atom is 0.224 e. The van der Waals surface area contributed by atoms with Crippen LogP contribution >= 0.6 is 0 Å². The van der Waals surface area contributed by atoms with E-state index in [9.17, 15) is 4.39 Å². The fourth-order valence-electron chi connectivity index (χ4n) is 2.55. The monoisotopic (exact) mass is 252 g/mol. The van der Waals surface area contributed by atoms with Crippen LogP contribution in [0.4, 0.5) is 16.2 Å². The van der Waals surface area contributed by atoms with Crippen LogP contribution in [0.15, 0.2) is 6.20 Å². The van der Waals surface area contributed by atoms with Crippen molar-refractivity contribution in [2.24, 2.45) is 11.8 Å². The van der Waals surface area contributed by atoms with Crippen LogP contribution in [0, 0.1) is 17.7 Å². The lowest BCUT2D eigenvalue weighted by Gasteiger charge is -2.34. The predicted octanol–water partition coefficient (Wildman–Crippen LogP) is 2.89. The fourth-order valence-corrected chi connectivity index (χ4v) is 2.55. The standard InChI is InChI=1S/C13H21FN4/c1-8-5-4-6-11(9(8)2)17-12-10(14)7-16-13(15-3)18-12/h7-9,11H,4-6H2,1-3H3,(H2,15,16,17,18). The van der Waals surface area contributed by atoms with Crippen LogP contribution in [0.1, 0.15) is 33.1 Å². The molecule has 0 radical (unpaired) electrons. The predicted molar refractivity (Wildman–Crippen MR) is 71.1 cm³/mol. The zero-order valence-electron chi connectivity index (χ0n) is 11.2. The van der Waals surface area contributed by atoms with Gasteiger partial charge in [0.05, 0.1) is 6.20 Å². The minimum Gasteiger partial charge on any atom is -0.364 e. The van der Waals surface area contributed by atoms with Crippen molar-refractivity contribution < 1.29 is 4.39 Å². The van der Waals surface area contributed by atoms with Crippen LogP contribution in [0.5, 0.6) is 0 Å². The van der Waals surface area contributed by atoms with Gasteiger partial charge in [-0.3, -0.25) is 0 Å². The molecule has 4 nitrogen and oxygen atoms in total. The number of rotatable bonds is 3. The molecule has 1 fully saturated rings. The van der Waals surface area contributed by atoms with Crippen LogP contribution in [0.25, 0.3) is 0 Å². The van der Waals surface area contributed by atoms with Gasteiger partial charge >= 0.3 is 0 Å². The molecule has 1 aromatic rings. The van der Waals surface area contributed by atoms with E-state index in [1.807, 2.05) is 0 Å². The van der Waals surface area contributed by atoms with Gasteiger partial charge in [-0.2, -0.15) is 4.98 Å². The average Bonchev–Trinajstić information content (AvgIpc) is 2.37. The van der Waals surface area contributed by atoms with E-state index < -0.39 is 0 Å². The highest BCUT2D eigenvalue weighted by molar-refractivity contribution is 5.41. The van der Waals surface area contributed by atoms with Gasteiger partial charge in [-0.15, -0.1) is 0 Å². The van der Waals surface area contributed by atoms with E-state index in [0.717, 1.165) is 6.42 Å². The van der Waals surface area contributed by atoms with Crippen molar-refractivity contribution in [1.29, 1.82) is 0 Å². The third-order valence-electron chi connectivity index (χ3n) is 4.00. The second-order valence-electron chi connectivity index (χ2n) is 5.16. The van der Waals surface area contributed by atoms with Crippen molar-refractivity contribution >= 4 is 11.8 Å². The number of hydrogen-bond acceptors (Lipinski definition) is 4. The lowest BCUT2D eigenvalue weighted by Crippen LogP contribution is -2.35. The number of nitrogens with one attached hydrogen (secondary N) is 2. The number of anilines is 2. The van der Waals surface area contributed by atoms with E-state index in [0.29, 0.717) is 29.6 Å². The molecule has 0 spiro atoms. The molecule has 3 atom stereocenters. The van der Waals surface area contributed by atoms with Gasteiger partial charge in [0.15, 0.2) is 11.6 Å². The van der Waals surface area contributed by atoms with Gasteiger partial charge in [-0.25, -0.2) is 9.37 Å². The summed E-state index contributed by atoms with van der Waals surface area (Å²) in [5, 5.41) is 6.06. The van der Waals surface area contributed by atoms with Crippen molar-refractivity contribution in [3.63, 3.8) is 0 Å². The number of hydrogen-bond donors (Lipinski definition) is 2. The Morgan fingerprint density at radius 2 is 2.11 bits per heavy atom. The molecule has 100 valence electrons. The molecule has 1 aliphatic rings. The molecule has 1 aliphatic carbocycles. The molecule has 3 unspecified atom stereocenters. The second kappa shape index (κ2) is 5.50. The molecular weight excluding hydrogens is 231 g/mol. The van der Waals surface area contributed by atoms with Crippen molar-refractivity contribution in [1.82, 2.24) is 9.97 Å². The molecule has 18 heavy (non-hydrogen) atoms. The van der Waals surface area contributed by atoms with Crippen LogP contribution in [0.2, 0.25) is 0 Å². The zero-order chi connectivity index (χ0) is 13.1. The van der Waals surface area contributed by atoms with Gasteiger partial charge in [0.25, 0.3) is 0 Å². The van der Waals surface area contributed by atoms with Crippen LogP contribution in [-0.4, -0.2) is 23.1 Å². The van der Waals surface area contributed by atoms with Gasteiger partial charge in [0.1, 0.15) is 0 Å². The third-order valence-corrected chi connectivity index (χ3v) is 4.00. The Labute approximate surface area is 107 Å². The van der Waals surface area contributed by atoms with Crippen LogP contribution in [0.3, 0.4) is 0 Å². The minimum absolute atomic E-state index is 0.294. The molecule has 5 heteroatoms. The summed E-state index contributed by atoms with van der Waals surface area (Å²) in [6.45, 7) is 4.48. The molecule has 0 aliphatic heterocycles. The maximum atomic E-state index is 13.7. The summed E-state index contributed by atoms with van der Waals surface area (Å²) < 4.78 is 13.7. The SMILES string of the molecule is CNc1ncc(F)c(NC2CCCC(C)C2C)n1. The second-order valence-corrected chi connectivity index (χ2v) is 5.16. The van der Waals surface area contributed by atoms with Crippen LogP contribution in [-0.2, 0) is 0 Å². The van der Waals surface area contributed by atoms with E-state index in [4.69, 9.17) is 0 Å². The van der Waals surface area contributed by atoms with Gasteiger partial charge < -0.3 is 10.6 Å². The Hall–Kier alpha value is -1.39. The summed E-state index contributed by atoms with van der Waals surface area (Å²) in [7, 11) is 1.72. The largest absolute Gasteiger partial charge is 0.364 e. The number of aromatic nitrogens is 2. The molecule has 2 N–H and O–H groups in total. The minimum atomic E-state index is -0.389. The summed E-state index contributed by atoms with van der Waals surface area (Å²) >= 11 is 0. The Balaban J connectivity index is 2.12. The number of halogens is 1. The van der Waals surface area contributed by atoms with Gasteiger partial charge in [-0.1, -0.05) is 26.7 Å². The topological polar surface area (TPSA) is 49.8 Å². The molecule has 0 aromatic carbocycles. The quantitative estimate of drug-likeness (QED) is 0.868. The van der Waals surface area contributed by atoms with E-state index in [2.05, 4.69) is 34.4 Å². The van der Waals surface area contributed by atoms with Crippen LogP contribution < -0.4 is 10.6 Å². The van der Waals surface area contributed by atoms with Gasteiger partial charge in [-0.05, 0) is 18.3 Å². The molecule has 1 heterocycles. The van der Waals surface area contributed by atoms with E-state index in [1.54, 1.807) is 7.05 Å². The first kappa shape index (κ1) is 13.1. The molecule has 1 saturated carbocycles. The Kier molecular flexibility index (Phi) is 3.99. The summed E-state index contributed by atoms with van der Waals surface area (Å²) in [5.74, 6) is 1.56. The first-order valence-corrected chi connectivity index (χ1v) is 6.58. The molecule has 2 rings (SSSR count). The molecule has 0 bridgehead atoms. The van der Waals surface area contributed by atoms with Crippen molar-refractivity contribution in [2.75, 3.05) is 17.7 Å². The van der Waals surface area contributed by atoms with E-state index >= 15 is 0 Å². The molecule has 0 saturated heterocycles. The molecular formula is C13H21FN4. The lowest BCUT2D eigenvalue weighted by molar-refractivity contribution is 0.252. The highest BCUT2D eigenvalue weighted by Gasteiger charge is 2.27. The molecule has 0 amide bonds. The summed E-state index contributed by atoms with van der Waals surface area (Å²) in [4.78, 5) is 7.98. The first-order valence-electron chi connectivity index (χ1n) is 6.58. The Morgan fingerprint density at radius 1 is 1.33 bits per heavy atom. The van der Waals surface area contributed by atoms with E-state index in [-0.39, 0.29) is 5.82 Å². The highest BCUT2D eigenvalue weighted by Crippen LogP contribution is 2.31. The summed E-state index contributed by atoms with van der Waals surface area (Å²) in [6, 6.07) is 0.294. The van der Waals surface area contributed by atoms with Crippen molar-refractivity contribution in [2.45, 2.75) is 39.2 Å². The van der Waals surface area contributed by atoms with E-state index in [1.165, 1.54) is 19.0 Å². The Morgan fingerprint density at radius 3 is 2.83 bits per heavy atom.